The van der Waals surface area contributed by atoms with Gasteiger partial charge in [0, 0.05) is 22.2 Å². The van der Waals surface area contributed by atoms with Gasteiger partial charge in [0.2, 0.25) is 0 Å². The van der Waals surface area contributed by atoms with Crippen LogP contribution >= 0.6 is 34.1 Å². The molecular formula is C79H106Cl4Si2Zr2. The summed E-state index contributed by atoms with van der Waals surface area (Å²) < 4.78 is 0. The van der Waals surface area contributed by atoms with Crippen molar-refractivity contribution in [2.24, 2.45) is 0 Å². The fourth-order valence-electron chi connectivity index (χ4n) is 15.9. The van der Waals surface area contributed by atoms with Gasteiger partial charge >= 0.3 is 75.7 Å². The second-order valence-corrected chi connectivity index (χ2v) is 43.7. The number of unbranched alkanes of at least 4 members (excludes halogenated alkanes) is 6. The van der Waals surface area contributed by atoms with Crippen molar-refractivity contribution >= 4 is 74.5 Å². The summed E-state index contributed by atoms with van der Waals surface area (Å²) in [7, 11) is 15.8. The Kier molecular flexibility index (Phi) is 32.8. The molecule has 10 rings (SSSR count). The molecule has 4 aliphatic rings. The van der Waals surface area contributed by atoms with Crippen LogP contribution in [0.25, 0.3) is 24.3 Å². The zero-order valence-electron chi connectivity index (χ0n) is 56.7. The fraction of sp³-hybridized carbons (Fsp3) is 0.392. The van der Waals surface area contributed by atoms with E-state index in [0.717, 1.165) is 0 Å². The zero-order chi connectivity index (χ0) is 60.2. The third kappa shape index (κ3) is 18.3. The van der Waals surface area contributed by atoms with Gasteiger partial charge in [-0.1, -0.05) is 257 Å². The van der Waals surface area contributed by atoms with Crippen LogP contribution in [-0.4, -0.2) is 16.1 Å². The first kappa shape index (κ1) is 78.9. The molecule has 87 heavy (non-hydrogen) atoms. The van der Waals surface area contributed by atoms with Crippen LogP contribution in [0.4, 0.5) is 0 Å². The van der Waals surface area contributed by atoms with E-state index in [4.69, 9.17) is 34.1 Å². The number of hydrogen-bond donors (Lipinski definition) is 0. The summed E-state index contributed by atoms with van der Waals surface area (Å²) in [5.41, 5.74) is 32.7. The van der Waals surface area contributed by atoms with Crippen molar-refractivity contribution in [3.8, 4) is 0 Å². The minimum atomic E-state index is -2.07. The Balaban J connectivity index is 0.000000401. The summed E-state index contributed by atoms with van der Waals surface area (Å²) in [6.45, 7) is 33.8. The van der Waals surface area contributed by atoms with Crippen LogP contribution in [0.5, 0.6) is 0 Å². The number of fused-ring (bicyclic) bond motifs is 4. The van der Waals surface area contributed by atoms with Crippen LogP contribution < -0.4 is 0 Å². The van der Waals surface area contributed by atoms with E-state index in [9.17, 15) is 0 Å². The number of allylic oxidation sites excluding steroid dienone is 4. The van der Waals surface area contributed by atoms with Crippen molar-refractivity contribution in [1.82, 2.24) is 0 Å². The Morgan fingerprint density at radius 2 is 0.621 bits per heavy atom. The van der Waals surface area contributed by atoms with Crippen molar-refractivity contribution < 1.29 is 41.7 Å². The molecule has 0 aromatic heterocycles. The molecule has 4 atom stereocenters. The van der Waals surface area contributed by atoms with E-state index in [2.05, 4.69) is 242 Å². The molecule has 0 nitrogen and oxygen atoms in total. The molecule has 0 N–H and O–H groups in total. The van der Waals surface area contributed by atoms with Crippen LogP contribution in [0.1, 0.15) is 211 Å². The molecule has 0 fully saturated rings. The molecule has 0 aliphatic heterocycles. The monoisotopic (exact) mass is 1430 g/mol. The number of halogens is 4. The van der Waals surface area contributed by atoms with Gasteiger partial charge in [-0.3, -0.25) is 0 Å². The van der Waals surface area contributed by atoms with E-state index in [0.29, 0.717) is 22.2 Å². The van der Waals surface area contributed by atoms with Gasteiger partial charge in [-0.15, -0.1) is 0 Å². The summed E-state index contributed by atoms with van der Waals surface area (Å²) in [5.74, 6) is 0. The van der Waals surface area contributed by atoms with E-state index in [1.54, 1.807) is 44.5 Å². The molecule has 0 radical (unpaired) electrons. The van der Waals surface area contributed by atoms with Crippen LogP contribution in [0.15, 0.2) is 144 Å². The van der Waals surface area contributed by atoms with Gasteiger partial charge < -0.3 is 29.7 Å². The van der Waals surface area contributed by atoms with E-state index in [1.807, 2.05) is 0 Å². The quantitative estimate of drug-likeness (QED) is 0.0457. The van der Waals surface area contributed by atoms with E-state index in [-0.39, 0.29) is 34.7 Å². The topological polar surface area (TPSA) is 0 Å². The number of hydrogen-bond acceptors (Lipinski definition) is 0. The summed E-state index contributed by atoms with van der Waals surface area (Å²) in [6.07, 6.45) is 23.2. The van der Waals surface area contributed by atoms with Crippen molar-refractivity contribution in [2.45, 2.75) is 200 Å². The van der Waals surface area contributed by atoms with E-state index in [1.165, 1.54) is 143 Å². The predicted molar refractivity (Wildman–Crippen MR) is 393 cm³/mol. The van der Waals surface area contributed by atoms with E-state index < -0.39 is 57.8 Å². The van der Waals surface area contributed by atoms with Crippen LogP contribution in [0.2, 0.25) is 23.7 Å². The predicted octanol–water partition coefficient (Wildman–Crippen LogP) is 26.3. The van der Waals surface area contributed by atoms with Crippen molar-refractivity contribution in [1.29, 1.82) is 0 Å². The average Bonchev–Trinajstić information content (AvgIpc) is 1.63. The first-order valence-electron chi connectivity index (χ1n) is 30.8. The van der Waals surface area contributed by atoms with Gasteiger partial charge in [0.05, 0.1) is 16.1 Å². The average molecular weight is 1440 g/mol. The van der Waals surface area contributed by atoms with Crippen molar-refractivity contribution in [3.63, 3.8) is 0 Å². The standard InChI is InChI=1S/C39H50Si.C36H44Si.4CH3.4ClH.2Zr/c1-27-20-22-32(23-21-27)17-11-9-10-12-24-40(39(6,7)8,37-30(4)25-35-28(2)15-13-18-33(35)37)38-31(5)26-36-29(3)16-14-19-34(36)38;1-25-18-20-30(21-19-25)15-9-7-8-10-22-37(6,35-28(4)23-33-26(2)13-11-16-31(33)35)36-29(5)24-34-27(3)14-12-17-32(34)36;;;;;;;;;;/h13-16,18-23,25-26,37-38H,9-12,17,24H2,1-8H3;11-14,16-21,23-24,35-36H,7-10,15,22H2,1-6H3;4*1H3;4*1H;;/q;;4*-1;;;;;2*+4/p-4. The summed E-state index contributed by atoms with van der Waals surface area (Å²) in [6, 6.07) is 49.3. The molecule has 0 heterocycles. The molecule has 6 aromatic rings. The van der Waals surface area contributed by atoms with Gasteiger partial charge in [-0.05, 0) is 178 Å². The zero-order valence-corrected chi connectivity index (χ0v) is 66.6. The molecule has 4 aliphatic carbocycles. The van der Waals surface area contributed by atoms with Gasteiger partial charge in [0.25, 0.3) is 0 Å². The SMILES string of the molecule is CC1=Cc2c(C)cccc2C1[Si](C)(CCCCCCc1ccc(C)cc1)C1C(C)=Cc2c(C)cccc21.CC1=Cc2c(C)cccc2C1[Si](CCCCCCc1ccc(C)cc1)(C1C(C)=Cc2c(C)cccc21)C(C)(C)C.[CH3-].[CH3-].[CH3-].[CH3-].[Cl][Zr+2][Cl].[Cl][Zr+2][Cl]. The van der Waals surface area contributed by atoms with Gasteiger partial charge in [0.15, 0.2) is 0 Å². The Bertz CT molecular complexity index is 3120. The van der Waals surface area contributed by atoms with Gasteiger partial charge in [-0.2, -0.15) is 0 Å². The van der Waals surface area contributed by atoms with Crippen molar-refractivity contribution in [3.05, 3.63) is 262 Å². The molecule has 0 spiro atoms. The fourth-order valence-corrected chi connectivity index (χ4v) is 29.6. The Morgan fingerprint density at radius 3 is 0.920 bits per heavy atom. The Labute approximate surface area is 572 Å². The molecule has 466 valence electrons. The van der Waals surface area contributed by atoms with E-state index >= 15 is 0 Å². The third-order valence-corrected chi connectivity index (χ3v) is 32.9. The molecule has 4 unspecified atom stereocenters. The Morgan fingerprint density at radius 1 is 0.356 bits per heavy atom. The molecule has 0 bridgehead atoms. The molecule has 0 saturated carbocycles. The number of rotatable bonds is 18. The maximum absolute atomic E-state index is 4.93. The second-order valence-electron chi connectivity index (χ2n) is 26.3. The maximum atomic E-state index is 4.93. The van der Waals surface area contributed by atoms with Gasteiger partial charge in [0.1, 0.15) is 0 Å². The normalized spacial score (nSPS) is 17.6. The van der Waals surface area contributed by atoms with Gasteiger partial charge in [-0.25, -0.2) is 0 Å². The minimum absolute atomic E-state index is 0. The molecule has 0 saturated heterocycles. The van der Waals surface area contributed by atoms with Crippen LogP contribution in [0.3, 0.4) is 0 Å². The molecule has 8 heteroatoms. The van der Waals surface area contributed by atoms with Crippen LogP contribution in [-0.2, 0) is 54.5 Å². The first-order valence-corrected chi connectivity index (χ1v) is 48.7. The number of benzene rings is 6. The summed E-state index contributed by atoms with van der Waals surface area (Å²) in [5, 5.41) is 0.255. The Hall–Kier alpha value is -2.36. The first-order chi connectivity index (χ1) is 39.7. The molecule has 0 amide bonds. The summed E-state index contributed by atoms with van der Waals surface area (Å²) in [4.78, 5) is 0. The second kappa shape index (κ2) is 36.2. The summed E-state index contributed by atoms with van der Waals surface area (Å²) >= 11 is -1.65. The number of aryl methyl sites for hydroxylation is 8. The van der Waals surface area contributed by atoms with Crippen LogP contribution in [0, 0.1) is 71.2 Å². The third-order valence-electron chi connectivity index (χ3n) is 19.7. The molecule has 6 aromatic carbocycles. The van der Waals surface area contributed by atoms with Crippen molar-refractivity contribution in [2.75, 3.05) is 0 Å². The molecular weight excluding hydrogens is 1330 g/mol.